The van der Waals surface area contributed by atoms with Crippen molar-refractivity contribution < 1.29 is 9.47 Å². The lowest BCUT2D eigenvalue weighted by molar-refractivity contribution is 0.143. The summed E-state index contributed by atoms with van der Waals surface area (Å²) in [6.45, 7) is 7.28. The standard InChI is InChI=1S/C14H24N4O2.HI/c1-4-15-14(16-5-2)18-11-12-7-6-8-17-13(12)20-10-9-19-3;/h6-8H,4-5,9-11H2,1-3H3,(H2,15,16,18);1H. The molecule has 0 amide bonds. The van der Waals surface area contributed by atoms with E-state index in [4.69, 9.17) is 9.47 Å². The maximum atomic E-state index is 5.58. The Labute approximate surface area is 143 Å². The molecule has 1 rings (SSSR count). The minimum atomic E-state index is 0. The third kappa shape index (κ3) is 8.05. The number of hydrogen-bond donors (Lipinski definition) is 2. The number of methoxy groups -OCH3 is 1. The Balaban J connectivity index is 0.00000400. The predicted octanol–water partition coefficient (Wildman–Crippen LogP) is 1.80. The zero-order valence-corrected chi connectivity index (χ0v) is 15.2. The van der Waals surface area contributed by atoms with Crippen LogP contribution in [0.25, 0.3) is 0 Å². The highest BCUT2D eigenvalue weighted by Gasteiger charge is 2.04. The molecule has 21 heavy (non-hydrogen) atoms. The van der Waals surface area contributed by atoms with E-state index in [9.17, 15) is 0 Å². The van der Waals surface area contributed by atoms with E-state index in [1.54, 1.807) is 13.3 Å². The smallest absolute Gasteiger partial charge is 0.218 e. The van der Waals surface area contributed by atoms with Crippen LogP contribution in [0, 0.1) is 0 Å². The van der Waals surface area contributed by atoms with Crippen molar-refractivity contribution in [2.75, 3.05) is 33.4 Å². The van der Waals surface area contributed by atoms with Crippen LogP contribution in [-0.2, 0) is 11.3 Å². The van der Waals surface area contributed by atoms with Crippen LogP contribution in [0.5, 0.6) is 5.88 Å². The Morgan fingerprint density at radius 2 is 1.95 bits per heavy atom. The van der Waals surface area contributed by atoms with E-state index in [-0.39, 0.29) is 24.0 Å². The summed E-state index contributed by atoms with van der Waals surface area (Å²) in [6, 6.07) is 3.85. The molecule has 0 atom stereocenters. The molecule has 1 heterocycles. The summed E-state index contributed by atoms with van der Waals surface area (Å²) in [5, 5.41) is 6.37. The molecular weight excluding hydrogens is 383 g/mol. The van der Waals surface area contributed by atoms with E-state index in [1.807, 2.05) is 26.0 Å². The molecule has 120 valence electrons. The second-order valence-corrected chi connectivity index (χ2v) is 4.03. The molecular formula is C14H25IN4O2. The summed E-state index contributed by atoms with van der Waals surface area (Å²) in [4.78, 5) is 8.74. The van der Waals surface area contributed by atoms with Gasteiger partial charge >= 0.3 is 0 Å². The Bertz CT molecular complexity index is 408. The number of guanidine groups is 1. The SMILES string of the molecule is CCNC(=NCc1cccnc1OCCOC)NCC.I. The first-order valence-electron chi connectivity index (χ1n) is 6.89. The van der Waals surface area contributed by atoms with Gasteiger partial charge in [0, 0.05) is 32.0 Å². The fourth-order valence-corrected chi connectivity index (χ4v) is 1.57. The summed E-state index contributed by atoms with van der Waals surface area (Å²) in [6.07, 6.45) is 1.71. The van der Waals surface area contributed by atoms with Crippen molar-refractivity contribution in [1.29, 1.82) is 0 Å². The van der Waals surface area contributed by atoms with Crippen molar-refractivity contribution in [3.05, 3.63) is 23.9 Å². The fraction of sp³-hybridized carbons (Fsp3) is 0.571. The first kappa shape index (κ1) is 19.9. The fourth-order valence-electron chi connectivity index (χ4n) is 1.57. The molecule has 0 fully saturated rings. The minimum absolute atomic E-state index is 0. The van der Waals surface area contributed by atoms with E-state index in [0.717, 1.165) is 24.6 Å². The number of aromatic nitrogens is 1. The highest BCUT2D eigenvalue weighted by atomic mass is 127. The van der Waals surface area contributed by atoms with Crippen molar-refractivity contribution in [2.45, 2.75) is 20.4 Å². The molecule has 0 saturated carbocycles. The van der Waals surface area contributed by atoms with E-state index in [0.29, 0.717) is 25.6 Å². The average Bonchev–Trinajstić information content (AvgIpc) is 2.47. The maximum Gasteiger partial charge on any atom is 0.218 e. The number of nitrogens with one attached hydrogen (secondary N) is 2. The Morgan fingerprint density at radius 1 is 1.24 bits per heavy atom. The lowest BCUT2D eigenvalue weighted by atomic mass is 10.3. The van der Waals surface area contributed by atoms with Crippen LogP contribution < -0.4 is 15.4 Å². The molecule has 1 aromatic heterocycles. The summed E-state index contributed by atoms with van der Waals surface area (Å²) in [5.74, 6) is 1.40. The van der Waals surface area contributed by atoms with Gasteiger partial charge in [0.05, 0.1) is 13.2 Å². The summed E-state index contributed by atoms with van der Waals surface area (Å²) >= 11 is 0. The van der Waals surface area contributed by atoms with Crippen molar-refractivity contribution in [3.8, 4) is 5.88 Å². The third-order valence-electron chi connectivity index (χ3n) is 2.47. The first-order valence-corrected chi connectivity index (χ1v) is 6.89. The molecule has 0 unspecified atom stereocenters. The second-order valence-electron chi connectivity index (χ2n) is 4.03. The van der Waals surface area contributed by atoms with E-state index in [1.165, 1.54) is 0 Å². The molecule has 0 aliphatic carbocycles. The minimum Gasteiger partial charge on any atom is -0.475 e. The van der Waals surface area contributed by atoms with Gasteiger partial charge in [0.15, 0.2) is 5.96 Å². The summed E-state index contributed by atoms with van der Waals surface area (Å²) < 4.78 is 10.5. The van der Waals surface area contributed by atoms with Crippen molar-refractivity contribution in [3.63, 3.8) is 0 Å². The second kappa shape index (κ2) is 12.6. The number of ether oxygens (including phenoxy) is 2. The van der Waals surface area contributed by atoms with Crippen LogP contribution in [0.2, 0.25) is 0 Å². The van der Waals surface area contributed by atoms with Crippen molar-refractivity contribution >= 4 is 29.9 Å². The molecule has 6 nitrogen and oxygen atoms in total. The molecule has 0 aromatic carbocycles. The van der Waals surface area contributed by atoms with E-state index < -0.39 is 0 Å². The molecule has 2 N–H and O–H groups in total. The molecule has 0 bridgehead atoms. The third-order valence-corrected chi connectivity index (χ3v) is 2.47. The first-order chi connectivity index (χ1) is 9.81. The number of nitrogens with zero attached hydrogens (tertiary/aromatic N) is 2. The lowest BCUT2D eigenvalue weighted by Gasteiger charge is -2.11. The Kier molecular flexibility index (Phi) is 12.0. The largest absolute Gasteiger partial charge is 0.475 e. The molecule has 7 heteroatoms. The van der Waals surface area contributed by atoms with Crippen LogP contribution >= 0.6 is 24.0 Å². The number of hydrogen-bond acceptors (Lipinski definition) is 4. The van der Waals surface area contributed by atoms with Crippen molar-refractivity contribution in [1.82, 2.24) is 15.6 Å². The lowest BCUT2D eigenvalue weighted by Crippen LogP contribution is -2.37. The predicted molar refractivity (Wildman–Crippen MR) is 95.5 cm³/mol. The van der Waals surface area contributed by atoms with Gasteiger partial charge in [-0.25, -0.2) is 9.98 Å². The number of aliphatic imine (C=N–C) groups is 1. The van der Waals surface area contributed by atoms with Gasteiger partial charge in [-0.1, -0.05) is 6.07 Å². The zero-order valence-electron chi connectivity index (χ0n) is 12.9. The van der Waals surface area contributed by atoms with Gasteiger partial charge in [-0.2, -0.15) is 0 Å². The normalized spacial score (nSPS) is 9.48. The van der Waals surface area contributed by atoms with Crippen LogP contribution in [-0.4, -0.2) is 44.4 Å². The van der Waals surface area contributed by atoms with Crippen molar-refractivity contribution in [2.24, 2.45) is 4.99 Å². The van der Waals surface area contributed by atoms with Gasteiger partial charge in [0.2, 0.25) is 5.88 Å². The zero-order chi connectivity index (χ0) is 14.6. The highest BCUT2D eigenvalue weighted by Crippen LogP contribution is 2.15. The molecule has 0 spiro atoms. The van der Waals surface area contributed by atoms with E-state index in [2.05, 4.69) is 20.6 Å². The molecule has 1 aromatic rings. The van der Waals surface area contributed by atoms with Gasteiger partial charge in [0.25, 0.3) is 0 Å². The monoisotopic (exact) mass is 408 g/mol. The molecule has 0 radical (unpaired) electrons. The van der Waals surface area contributed by atoms with Crippen LogP contribution in [0.3, 0.4) is 0 Å². The highest BCUT2D eigenvalue weighted by molar-refractivity contribution is 14.0. The van der Waals surface area contributed by atoms with Crippen LogP contribution in [0.15, 0.2) is 23.3 Å². The number of halogens is 1. The Hall–Kier alpha value is -1.09. The Morgan fingerprint density at radius 3 is 2.57 bits per heavy atom. The van der Waals surface area contributed by atoms with Crippen LogP contribution in [0.4, 0.5) is 0 Å². The molecule has 0 aliphatic heterocycles. The quantitative estimate of drug-likeness (QED) is 0.297. The van der Waals surface area contributed by atoms with Gasteiger partial charge in [-0.05, 0) is 19.9 Å². The number of pyridine rings is 1. The van der Waals surface area contributed by atoms with E-state index >= 15 is 0 Å². The molecule has 0 aliphatic rings. The summed E-state index contributed by atoms with van der Waals surface area (Å²) in [7, 11) is 1.64. The maximum absolute atomic E-state index is 5.58. The topological polar surface area (TPSA) is 67.8 Å². The average molecular weight is 408 g/mol. The van der Waals surface area contributed by atoms with Gasteiger partial charge in [0.1, 0.15) is 6.61 Å². The van der Waals surface area contributed by atoms with Crippen LogP contribution in [0.1, 0.15) is 19.4 Å². The van der Waals surface area contributed by atoms with Gasteiger partial charge in [-0.15, -0.1) is 24.0 Å². The molecule has 0 saturated heterocycles. The summed E-state index contributed by atoms with van der Waals surface area (Å²) in [5.41, 5.74) is 0.955. The number of rotatable bonds is 8. The van der Waals surface area contributed by atoms with Gasteiger partial charge < -0.3 is 20.1 Å². The van der Waals surface area contributed by atoms with Gasteiger partial charge in [-0.3, -0.25) is 0 Å².